The Morgan fingerprint density at radius 2 is 0.962 bits per heavy atom. The molecule has 4 aromatic carbocycles. The van der Waals surface area contributed by atoms with Crippen molar-refractivity contribution in [3.63, 3.8) is 0 Å². The summed E-state index contributed by atoms with van der Waals surface area (Å²) in [6, 6.07) is 19.1. The van der Waals surface area contributed by atoms with Crippen LogP contribution in [-0.4, -0.2) is 73.4 Å². The van der Waals surface area contributed by atoms with E-state index >= 15 is 0 Å². The van der Waals surface area contributed by atoms with Gasteiger partial charge in [-0.05, 0) is 58.0 Å². The van der Waals surface area contributed by atoms with Crippen LogP contribution in [0.4, 0.5) is 0 Å². The van der Waals surface area contributed by atoms with Crippen molar-refractivity contribution in [2.45, 2.75) is 31.4 Å². The second-order valence-corrected chi connectivity index (χ2v) is 17.0. The van der Waals surface area contributed by atoms with Crippen molar-refractivity contribution >= 4 is 66.6 Å². The van der Waals surface area contributed by atoms with E-state index in [0.717, 1.165) is 0 Å². The van der Waals surface area contributed by atoms with Crippen LogP contribution in [0.5, 0.6) is 0 Å². The van der Waals surface area contributed by atoms with Crippen molar-refractivity contribution in [2.24, 2.45) is 33.4 Å². The van der Waals surface area contributed by atoms with Crippen molar-refractivity contribution in [3.8, 4) is 11.1 Å². The van der Waals surface area contributed by atoms with Crippen LogP contribution in [-0.2, 0) is 29.7 Å². The molecule has 0 radical (unpaired) electrons. The predicted molar refractivity (Wildman–Crippen MR) is 206 cm³/mol. The Balaban J connectivity index is 1.59. The molecule has 4 atom stereocenters. The average Bonchev–Trinajstić information content (AvgIpc) is 3.11. The molecule has 0 fully saturated rings. The number of nitrogens with two attached hydrogens (primary N) is 4. The van der Waals surface area contributed by atoms with E-state index in [1.165, 1.54) is 59.9 Å². The highest BCUT2D eigenvalue weighted by Gasteiger charge is 2.60. The summed E-state index contributed by atoms with van der Waals surface area (Å²) >= 11 is 2.40. The second-order valence-electron chi connectivity index (χ2n) is 12.1. The zero-order valence-electron chi connectivity index (χ0n) is 27.6. The number of benzene rings is 4. The van der Waals surface area contributed by atoms with Gasteiger partial charge in [-0.15, -0.1) is 23.5 Å². The van der Waals surface area contributed by atoms with Crippen LogP contribution < -0.4 is 23.2 Å². The highest BCUT2D eigenvalue weighted by Crippen LogP contribution is 2.51. The molecule has 0 spiro atoms. The smallest absolute Gasteiger partial charge is 0.281 e. The van der Waals surface area contributed by atoms with Crippen LogP contribution in [0.2, 0.25) is 0 Å². The third kappa shape index (κ3) is 5.08. The summed E-state index contributed by atoms with van der Waals surface area (Å²) in [5.74, 6) is 11.3. The zero-order chi connectivity index (χ0) is 38.0. The molecule has 14 nitrogen and oxygen atoms in total. The minimum atomic E-state index is -5.07. The Morgan fingerprint density at radius 3 is 1.27 bits per heavy atom. The Morgan fingerprint density at radius 1 is 0.615 bits per heavy atom. The van der Waals surface area contributed by atoms with Gasteiger partial charge in [0.15, 0.2) is 9.49 Å². The molecular formula is C34H34N8O6S4. The van der Waals surface area contributed by atoms with Gasteiger partial charge in [0, 0.05) is 20.9 Å². The number of hydrogen-bond acceptors (Lipinski definition) is 14. The number of hydrogen-bond donors (Lipinski definition) is 8. The van der Waals surface area contributed by atoms with Gasteiger partial charge in [0.05, 0.1) is 23.5 Å². The first kappa shape index (κ1) is 37.4. The fourth-order valence-electron chi connectivity index (χ4n) is 7.50. The standard InChI is InChI=1S/C34H34N8O6S4/c1-49-25-15-17(11-13-23(25)33(51(43,44)45)21-9-5-3-7-19(21)27(35)29(41-39)31(33)37)18-12-14-24(26(16-18)50-2)34(52(46,47)48)22-10-6-4-8-20(22)28(36)30(42-40)32(34)38/h3-16,31-32,35-36H,37-40H2,1-2H3,(H,43,44,45)(H,46,47,48). The molecule has 0 amide bonds. The van der Waals surface area contributed by atoms with Gasteiger partial charge in [0.25, 0.3) is 20.2 Å². The van der Waals surface area contributed by atoms with Crippen LogP contribution in [0.25, 0.3) is 11.1 Å². The minimum absolute atomic E-state index is 0.0903. The number of thioether (sulfide) groups is 2. The SMILES string of the molecule is CSc1cc(-c2ccc(C3(S(=O)(=O)O)c4ccccc4C(=N)C(=NN)C3N)c(SC)c2)ccc1C1(S(=O)(=O)O)c2ccccc2C(=N)C(=NN)C1N. The molecule has 18 heteroatoms. The molecule has 2 aliphatic rings. The summed E-state index contributed by atoms with van der Waals surface area (Å²) in [6.45, 7) is 0. The second kappa shape index (κ2) is 13.2. The molecule has 0 saturated carbocycles. The van der Waals surface area contributed by atoms with Crippen molar-refractivity contribution in [2.75, 3.05) is 12.5 Å². The molecule has 4 unspecified atom stereocenters. The fraction of sp³-hybridized carbons (Fsp3) is 0.176. The first-order valence-corrected chi connectivity index (χ1v) is 20.7. The van der Waals surface area contributed by atoms with E-state index in [-0.39, 0.29) is 56.2 Å². The third-order valence-corrected chi connectivity index (χ3v) is 14.4. The largest absolute Gasteiger partial charge is 0.323 e. The quantitative estimate of drug-likeness (QED) is 0.0582. The molecule has 0 bridgehead atoms. The van der Waals surface area contributed by atoms with Crippen LogP contribution >= 0.6 is 23.5 Å². The van der Waals surface area contributed by atoms with E-state index in [9.17, 15) is 25.9 Å². The van der Waals surface area contributed by atoms with Gasteiger partial charge in [-0.25, -0.2) is 0 Å². The fourth-order valence-corrected chi connectivity index (χ4v) is 11.7. The van der Waals surface area contributed by atoms with Gasteiger partial charge in [-0.3, -0.25) is 19.9 Å². The van der Waals surface area contributed by atoms with Gasteiger partial charge in [-0.1, -0.05) is 72.8 Å². The van der Waals surface area contributed by atoms with Crippen molar-refractivity contribution < 1.29 is 25.9 Å². The predicted octanol–water partition coefficient (Wildman–Crippen LogP) is 3.11. The van der Waals surface area contributed by atoms with Gasteiger partial charge >= 0.3 is 0 Å². The van der Waals surface area contributed by atoms with Crippen LogP contribution in [0.15, 0.2) is 105 Å². The van der Waals surface area contributed by atoms with E-state index in [2.05, 4.69) is 10.2 Å². The molecule has 2 aliphatic carbocycles. The third-order valence-electron chi connectivity index (χ3n) is 9.80. The maximum atomic E-state index is 13.6. The molecule has 52 heavy (non-hydrogen) atoms. The topological polar surface area (TPSA) is 285 Å². The Kier molecular flexibility index (Phi) is 9.50. The molecule has 270 valence electrons. The summed E-state index contributed by atoms with van der Waals surface area (Å²) in [5, 5.41) is 24.7. The molecule has 6 rings (SSSR count). The molecule has 12 N–H and O–H groups in total. The van der Waals surface area contributed by atoms with E-state index in [0.29, 0.717) is 20.9 Å². The number of hydrazone groups is 2. The average molecular weight is 779 g/mol. The Hall–Kier alpha value is -4.40. The lowest BCUT2D eigenvalue weighted by atomic mass is 9.72. The number of fused-ring (bicyclic) bond motifs is 2. The maximum absolute atomic E-state index is 13.6. The highest BCUT2D eigenvalue weighted by atomic mass is 32.2. The molecule has 0 aromatic heterocycles. The van der Waals surface area contributed by atoms with Crippen LogP contribution in [0, 0.1) is 10.8 Å². The first-order chi connectivity index (χ1) is 24.6. The summed E-state index contributed by atoms with van der Waals surface area (Å²) < 4.78 is 72.0. The first-order valence-electron chi connectivity index (χ1n) is 15.3. The van der Waals surface area contributed by atoms with Gasteiger partial charge in [0.1, 0.15) is 11.4 Å². The molecule has 4 aromatic rings. The molecule has 0 aliphatic heterocycles. The maximum Gasteiger partial charge on any atom is 0.281 e. The normalized spacial score (nSPS) is 24.9. The summed E-state index contributed by atoms with van der Waals surface area (Å²) in [6.07, 6.45) is 3.45. The van der Waals surface area contributed by atoms with E-state index in [4.69, 9.17) is 34.0 Å². The van der Waals surface area contributed by atoms with Crippen molar-refractivity contribution in [1.82, 2.24) is 0 Å². The lowest BCUT2D eigenvalue weighted by molar-refractivity contribution is 0.432. The summed E-state index contributed by atoms with van der Waals surface area (Å²) in [5.41, 5.74) is 14.4. The Labute approximate surface area is 308 Å². The number of nitrogens with zero attached hydrogens (tertiary/aromatic N) is 2. The van der Waals surface area contributed by atoms with Gasteiger partial charge in [-0.2, -0.15) is 27.0 Å². The van der Waals surface area contributed by atoms with Crippen molar-refractivity contribution in [3.05, 3.63) is 118 Å². The Bertz CT molecular complexity index is 2300. The molecule has 0 heterocycles. The molecule has 0 saturated heterocycles. The van der Waals surface area contributed by atoms with E-state index < -0.39 is 41.8 Å². The minimum Gasteiger partial charge on any atom is -0.323 e. The van der Waals surface area contributed by atoms with E-state index in [1.807, 2.05) is 0 Å². The van der Waals surface area contributed by atoms with Crippen LogP contribution in [0.3, 0.4) is 0 Å². The van der Waals surface area contributed by atoms with Gasteiger partial charge in [0.2, 0.25) is 0 Å². The number of rotatable bonds is 7. The number of nitrogens with one attached hydrogen (secondary N) is 2. The van der Waals surface area contributed by atoms with Crippen LogP contribution in [0.1, 0.15) is 33.4 Å². The monoisotopic (exact) mass is 778 g/mol. The van der Waals surface area contributed by atoms with Crippen molar-refractivity contribution in [1.29, 1.82) is 10.8 Å². The summed E-state index contributed by atoms with van der Waals surface area (Å²) in [4.78, 5) is 0.833. The van der Waals surface area contributed by atoms with E-state index in [1.54, 1.807) is 61.0 Å². The molecular weight excluding hydrogens is 745 g/mol. The zero-order valence-corrected chi connectivity index (χ0v) is 30.9. The highest BCUT2D eigenvalue weighted by molar-refractivity contribution is 7.99. The lowest BCUT2D eigenvalue weighted by Crippen LogP contribution is -2.61. The van der Waals surface area contributed by atoms with Gasteiger partial charge < -0.3 is 23.2 Å². The summed E-state index contributed by atoms with van der Waals surface area (Å²) in [7, 11) is -10.1. The lowest BCUT2D eigenvalue weighted by Gasteiger charge is -2.43.